The Balaban J connectivity index is 1.60. The number of nitrogens with one attached hydrogen (secondary N) is 1. The summed E-state index contributed by atoms with van der Waals surface area (Å²) in [4.78, 5) is 22.1. The molecular weight excluding hydrogens is 296 g/mol. The number of benzene rings is 1. The van der Waals surface area contributed by atoms with Gasteiger partial charge in [0.15, 0.2) is 0 Å². The normalized spacial score (nSPS) is 10.6. The number of nitrogens with zero attached hydrogens (tertiary/aromatic N) is 3. The molecule has 2 aromatic heterocycles. The molecule has 116 valence electrons. The van der Waals surface area contributed by atoms with E-state index >= 15 is 0 Å². The molecule has 23 heavy (non-hydrogen) atoms. The fourth-order valence-electron chi connectivity index (χ4n) is 2.30. The minimum Gasteiger partial charge on any atom is -0.352 e. The second kappa shape index (κ2) is 6.27. The van der Waals surface area contributed by atoms with Crippen molar-refractivity contribution in [2.24, 2.45) is 0 Å². The molecule has 0 bridgehead atoms. The molecule has 0 aliphatic heterocycles. The maximum atomic E-state index is 12.0. The summed E-state index contributed by atoms with van der Waals surface area (Å²) in [5.74, 6) is -0.144. The van der Waals surface area contributed by atoms with E-state index in [1.165, 1.54) is 12.1 Å². The fourth-order valence-corrected chi connectivity index (χ4v) is 2.30. The third-order valence-corrected chi connectivity index (χ3v) is 3.49. The van der Waals surface area contributed by atoms with Crippen molar-refractivity contribution in [2.75, 3.05) is 0 Å². The van der Waals surface area contributed by atoms with Crippen LogP contribution >= 0.6 is 0 Å². The molecule has 7 nitrogen and oxygen atoms in total. The van der Waals surface area contributed by atoms with Crippen LogP contribution in [0.25, 0.3) is 5.52 Å². The number of carbonyl (C=O) groups is 1. The van der Waals surface area contributed by atoms with Gasteiger partial charge < -0.3 is 5.32 Å². The molecule has 3 rings (SSSR count). The highest BCUT2D eigenvalue weighted by Crippen LogP contribution is 2.13. The van der Waals surface area contributed by atoms with E-state index in [1.54, 1.807) is 22.8 Å². The van der Waals surface area contributed by atoms with Crippen molar-refractivity contribution >= 4 is 17.1 Å². The zero-order chi connectivity index (χ0) is 16.2. The summed E-state index contributed by atoms with van der Waals surface area (Å²) < 4.78 is 1.75. The lowest BCUT2D eigenvalue weighted by molar-refractivity contribution is -0.384. The molecule has 0 atom stereocenters. The van der Waals surface area contributed by atoms with Gasteiger partial charge >= 0.3 is 0 Å². The number of hydrogen-bond acceptors (Lipinski definition) is 4. The molecule has 0 fully saturated rings. The van der Waals surface area contributed by atoms with E-state index in [0.717, 1.165) is 16.6 Å². The van der Waals surface area contributed by atoms with Crippen molar-refractivity contribution in [1.29, 1.82) is 0 Å². The third-order valence-electron chi connectivity index (χ3n) is 3.49. The summed E-state index contributed by atoms with van der Waals surface area (Å²) in [6.07, 6.45) is 3.75. The van der Waals surface area contributed by atoms with Gasteiger partial charge in [0.1, 0.15) is 0 Å². The quantitative estimate of drug-likeness (QED) is 0.577. The number of non-ortho nitro benzene ring substituents is 1. The van der Waals surface area contributed by atoms with Crippen molar-refractivity contribution < 1.29 is 9.72 Å². The minimum atomic E-state index is -0.463. The monoisotopic (exact) mass is 310 g/mol. The predicted molar refractivity (Wildman–Crippen MR) is 83.8 cm³/mol. The standard InChI is InChI=1S/C16H14N4O3/c21-16(9-12-4-6-14(7-5-12)20(22)23)17-10-13-11-18-19-8-2-1-3-15(13)19/h1-8,11H,9-10H2,(H,17,21). The van der Waals surface area contributed by atoms with Gasteiger partial charge in [-0.15, -0.1) is 0 Å². The highest BCUT2D eigenvalue weighted by Gasteiger charge is 2.09. The summed E-state index contributed by atoms with van der Waals surface area (Å²) in [5, 5.41) is 17.6. The van der Waals surface area contributed by atoms with E-state index in [9.17, 15) is 14.9 Å². The Kier molecular flexibility index (Phi) is 4.01. The summed E-state index contributed by atoms with van der Waals surface area (Å²) >= 11 is 0. The number of pyridine rings is 1. The zero-order valence-electron chi connectivity index (χ0n) is 12.2. The molecule has 0 unspecified atom stereocenters. The van der Waals surface area contributed by atoms with Crippen LogP contribution < -0.4 is 5.32 Å². The number of amides is 1. The molecule has 1 aromatic carbocycles. The van der Waals surface area contributed by atoms with Crippen LogP contribution in [0.3, 0.4) is 0 Å². The first-order valence-corrected chi connectivity index (χ1v) is 7.05. The summed E-state index contributed by atoms with van der Waals surface area (Å²) in [6, 6.07) is 11.7. The lowest BCUT2D eigenvalue weighted by Gasteiger charge is -2.04. The molecule has 0 aliphatic rings. The number of carbonyl (C=O) groups excluding carboxylic acids is 1. The van der Waals surface area contributed by atoms with Crippen molar-refractivity contribution in [3.05, 3.63) is 76.1 Å². The van der Waals surface area contributed by atoms with Gasteiger partial charge in [0.25, 0.3) is 5.69 Å². The number of rotatable bonds is 5. The topological polar surface area (TPSA) is 89.5 Å². The van der Waals surface area contributed by atoms with E-state index in [0.29, 0.717) is 6.54 Å². The van der Waals surface area contributed by atoms with E-state index in [1.807, 2.05) is 24.4 Å². The average molecular weight is 310 g/mol. The van der Waals surface area contributed by atoms with Crippen LogP contribution in [0.4, 0.5) is 5.69 Å². The Bertz CT molecular complexity index is 855. The number of hydrogen-bond donors (Lipinski definition) is 1. The van der Waals surface area contributed by atoms with Gasteiger partial charge in [-0.3, -0.25) is 14.9 Å². The van der Waals surface area contributed by atoms with Gasteiger partial charge in [-0.2, -0.15) is 5.10 Å². The first-order valence-electron chi connectivity index (χ1n) is 7.05. The third kappa shape index (κ3) is 3.34. The number of nitro benzene ring substituents is 1. The lowest BCUT2D eigenvalue weighted by Crippen LogP contribution is -2.24. The number of fused-ring (bicyclic) bond motifs is 1. The Labute approximate surface area is 131 Å². The molecular formula is C16H14N4O3. The largest absolute Gasteiger partial charge is 0.352 e. The molecule has 7 heteroatoms. The average Bonchev–Trinajstić information content (AvgIpc) is 2.97. The Morgan fingerprint density at radius 2 is 2.00 bits per heavy atom. The van der Waals surface area contributed by atoms with Crippen molar-refractivity contribution in [1.82, 2.24) is 14.9 Å². The Morgan fingerprint density at radius 3 is 2.74 bits per heavy atom. The molecule has 0 saturated carbocycles. The Morgan fingerprint density at radius 1 is 1.22 bits per heavy atom. The van der Waals surface area contributed by atoms with Crippen LogP contribution in [0.5, 0.6) is 0 Å². The molecule has 1 amide bonds. The Hall–Kier alpha value is -3.22. The van der Waals surface area contributed by atoms with Gasteiger partial charge in [-0.05, 0) is 17.7 Å². The summed E-state index contributed by atoms with van der Waals surface area (Å²) in [5.41, 5.74) is 2.62. The van der Waals surface area contributed by atoms with E-state index in [2.05, 4.69) is 10.4 Å². The van der Waals surface area contributed by atoms with Crippen molar-refractivity contribution in [3.63, 3.8) is 0 Å². The van der Waals surface area contributed by atoms with Crippen molar-refractivity contribution in [2.45, 2.75) is 13.0 Å². The lowest BCUT2D eigenvalue weighted by atomic mass is 10.1. The second-order valence-corrected chi connectivity index (χ2v) is 5.08. The summed E-state index contributed by atoms with van der Waals surface area (Å²) in [6.45, 7) is 0.388. The maximum Gasteiger partial charge on any atom is 0.269 e. The molecule has 1 N–H and O–H groups in total. The predicted octanol–water partition coefficient (Wildman–Crippen LogP) is 2.10. The fraction of sp³-hybridized carbons (Fsp3) is 0.125. The van der Waals surface area contributed by atoms with Gasteiger partial charge in [0, 0.05) is 30.4 Å². The minimum absolute atomic E-state index is 0.0144. The van der Waals surface area contributed by atoms with E-state index < -0.39 is 4.92 Å². The molecule has 0 saturated heterocycles. The summed E-state index contributed by atoms with van der Waals surface area (Å²) in [7, 11) is 0. The van der Waals surface area contributed by atoms with Crippen LogP contribution in [-0.4, -0.2) is 20.4 Å². The maximum absolute atomic E-state index is 12.0. The smallest absolute Gasteiger partial charge is 0.269 e. The van der Waals surface area contributed by atoms with Crippen molar-refractivity contribution in [3.8, 4) is 0 Å². The van der Waals surface area contributed by atoms with Gasteiger partial charge in [-0.25, -0.2) is 4.52 Å². The number of nitro groups is 1. The van der Waals surface area contributed by atoms with Crippen LogP contribution in [0, 0.1) is 10.1 Å². The highest BCUT2D eigenvalue weighted by molar-refractivity contribution is 5.78. The molecule has 2 heterocycles. The molecule has 0 spiro atoms. The van der Waals surface area contributed by atoms with Gasteiger partial charge in [0.2, 0.25) is 5.91 Å². The van der Waals surface area contributed by atoms with E-state index in [4.69, 9.17) is 0 Å². The molecule has 0 radical (unpaired) electrons. The van der Waals surface area contributed by atoms with Gasteiger partial charge in [-0.1, -0.05) is 18.2 Å². The zero-order valence-corrected chi connectivity index (χ0v) is 12.2. The molecule has 0 aliphatic carbocycles. The SMILES string of the molecule is O=C(Cc1ccc([N+](=O)[O-])cc1)NCc1cnn2ccccc12. The second-order valence-electron chi connectivity index (χ2n) is 5.08. The van der Waals surface area contributed by atoms with Crippen LogP contribution in [-0.2, 0) is 17.8 Å². The first kappa shape index (κ1) is 14.7. The van der Waals surface area contributed by atoms with Crippen LogP contribution in [0.1, 0.15) is 11.1 Å². The number of aromatic nitrogens is 2. The molecule has 3 aromatic rings. The highest BCUT2D eigenvalue weighted by atomic mass is 16.6. The van der Waals surface area contributed by atoms with Crippen LogP contribution in [0.2, 0.25) is 0 Å². The van der Waals surface area contributed by atoms with Gasteiger partial charge in [0.05, 0.1) is 23.1 Å². The van der Waals surface area contributed by atoms with E-state index in [-0.39, 0.29) is 18.0 Å². The van der Waals surface area contributed by atoms with Crippen LogP contribution in [0.15, 0.2) is 54.9 Å². The first-order chi connectivity index (χ1) is 11.1.